The van der Waals surface area contributed by atoms with Crippen molar-refractivity contribution in [2.24, 2.45) is 5.92 Å². The fraction of sp³-hybridized carbons (Fsp3) is 0.714. The Hall–Kier alpha value is -1.22. The first-order chi connectivity index (χ1) is 11.1. The SMILES string of the molecule is O=C(CSCC(=O)NCC1CCC1)NCCN1C(=O)CSC1=O. The maximum atomic E-state index is 11.6. The highest BCUT2D eigenvalue weighted by molar-refractivity contribution is 8.14. The van der Waals surface area contributed by atoms with Gasteiger partial charge in [-0.2, -0.15) is 0 Å². The number of nitrogens with zero attached hydrogens (tertiary/aromatic N) is 1. The van der Waals surface area contributed by atoms with Gasteiger partial charge in [0.05, 0.1) is 17.3 Å². The Labute approximate surface area is 143 Å². The molecule has 0 atom stereocenters. The van der Waals surface area contributed by atoms with Crippen molar-refractivity contribution in [2.45, 2.75) is 19.3 Å². The van der Waals surface area contributed by atoms with Gasteiger partial charge in [-0.3, -0.25) is 24.1 Å². The van der Waals surface area contributed by atoms with E-state index in [1.807, 2.05) is 0 Å². The van der Waals surface area contributed by atoms with Gasteiger partial charge in [0, 0.05) is 19.6 Å². The predicted molar refractivity (Wildman–Crippen MR) is 90.3 cm³/mol. The molecule has 2 rings (SSSR count). The first-order valence-corrected chi connectivity index (χ1v) is 9.78. The molecule has 2 N–H and O–H groups in total. The van der Waals surface area contributed by atoms with Crippen LogP contribution in [-0.4, -0.2) is 64.8 Å². The molecule has 2 aliphatic rings. The Kier molecular flexibility index (Phi) is 7.22. The van der Waals surface area contributed by atoms with Crippen molar-refractivity contribution in [3.8, 4) is 0 Å². The van der Waals surface area contributed by atoms with Crippen LogP contribution in [-0.2, 0) is 14.4 Å². The lowest BCUT2D eigenvalue weighted by Gasteiger charge is -2.25. The smallest absolute Gasteiger partial charge is 0.288 e. The summed E-state index contributed by atoms with van der Waals surface area (Å²) in [5.74, 6) is 0.799. The Bertz CT molecular complexity index is 467. The standard InChI is InChI=1S/C14H21N3O4S2/c18-11(15-4-5-17-13(20)9-23-14(17)21)7-22-8-12(19)16-6-10-2-1-3-10/h10H,1-9H2,(H,15,18)(H,16,19). The van der Waals surface area contributed by atoms with Gasteiger partial charge in [0.1, 0.15) is 0 Å². The van der Waals surface area contributed by atoms with E-state index in [-0.39, 0.29) is 53.3 Å². The van der Waals surface area contributed by atoms with Crippen molar-refractivity contribution < 1.29 is 19.2 Å². The summed E-state index contributed by atoms with van der Waals surface area (Å²) >= 11 is 2.23. The molecule has 0 aromatic rings. The van der Waals surface area contributed by atoms with Crippen LogP contribution in [0.2, 0.25) is 0 Å². The molecule has 23 heavy (non-hydrogen) atoms. The summed E-state index contributed by atoms with van der Waals surface area (Å²) < 4.78 is 0. The average molecular weight is 359 g/mol. The van der Waals surface area contributed by atoms with E-state index in [9.17, 15) is 19.2 Å². The highest BCUT2D eigenvalue weighted by Crippen LogP contribution is 2.25. The third-order valence-corrected chi connectivity index (χ3v) is 5.57. The maximum Gasteiger partial charge on any atom is 0.288 e. The average Bonchev–Trinajstić information content (AvgIpc) is 2.77. The molecule has 128 valence electrons. The van der Waals surface area contributed by atoms with Crippen molar-refractivity contribution in [1.82, 2.24) is 15.5 Å². The zero-order valence-corrected chi connectivity index (χ0v) is 14.5. The van der Waals surface area contributed by atoms with Crippen molar-refractivity contribution >= 4 is 46.5 Å². The van der Waals surface area contributed by atoms with Crippen LogP contribution in [0.3, 0.4) is 0 Å². The summed E-state index contributed by atoms with van der Waals surface area (Å²) in [6.45, 7) is 1.18. The highest BCUT2D eigenvalue weighted by Gasteiger charge is 2.29. The number of carbonyl (C=O) groups is 4. The van der Waals surface area contributed by atoms with E-state index in [1.165, 1.54) is 31.0 Å². The topological polar surface area (TPSA) is 95.6 Å². The predicted octanol–water partition coefficient (Wildman–Crippen LogP) is 0.447. The molecule has 4 amide bonds. The van der Waals surface area contributed by atoms with Crippen LogP contribution in [0.15, 0.2) is 0 Å². The molecule has 1 heterocycles. The summed E-state index contributed by atoms with van der Waals surface area (Å²) in [4.78, 5) is 47.1. The number of imide groups is 1. The molecule has 1 aliphatic heterocycles. The minimum absolute atomic E-state index is 0.0417. The van der Waals surface area contributed by atoms with E-state index in [0.717, 1.165) is 23.2 Å². The van der Waals surface area contributed by atoms with Crippen LogP contribution >= 0.6 is 23.5 Å². The molecule has 2 fully saturated rings. The molecule has 0 unspecified atom stereocenters. The number of thioether (sulfide) groups is 2. The maximum absolute atomic E-state index is 11.6. The molecule has 9 heteroatoms. The van der Waals surface area contributed by atoms with Crippen molar-refractivity contribution in [3.05, 3.63) is 0 Å². The van der Waals surface area contributed by atoms with Crippen LogP contribution in [0.5, 0.6) is 0 Å². The van der Waals surface area contributed by atoms with Crippen LogP contribution in [0.1, 0.15) is 19.3 Å². The van der Waals surface area contributed by atoms with Gasteiger partial charge in [0.15, 0.2) is 0 Å². The quantitative estimate of drug-likeness (QED) is 0.620. The van der Waals surface area contributed by atoms with Crippen molar-refractivity contribution in [2.75, 3.05) is 36.9 Å². The third-order valence-electron chi connectivity index (χ3n) is 3.78. The van der Waals surface area contributed by atoms with Gasteiger partial charge < -0.3 is 10.6 Å². The van der Waals surface area contributed by atoms with E-state index >= 15 is 0 Å². The molecule has 0 spiro atoms. The number of nitrogens with one attached hydrogen (secondary N) is 2. The lowest BCUT2D eigenvalue weighted by atomic mass is 9.85. The van der Waals surface area contributed by atoms with Gasteiger partial charge in [-0.05, 0) is 18.8 Å². The summed E-state index contributed by atoms with van der Waals surface area (Å²) in [5.41, 5.74) is 0. The van der Waals surface area contributed by atoms with Gasteiger partial charge >= 0.3 is 0 Å². The van der Waals surface area contributed by atoms with E-state index in [0.29, 0.717) is 5.92 Å². The van der Waals surface area contributed by atoms with Crippen molar-refractivity contribution in [1.29, 1.82) is 0 Å². The summed E-state index contributed by atoms with van der Waals surface area (Å²) in [5, 5.41) is 5.26. The number of hydrogen-bond acceptors (Lipinski definition) is 6. The van der Waals surface area contributed by atoms with Crippen LogP contribution in [0, 0.1) is 5.92 Å². The normalized spacial score (nSPS) is 18.0. The molecule has 7 nitrogen and oxygen atoms in total. The largest absolute Gasteiger partial charge is 0.355 e. The minimum atomic E-state index is -0.262. The third kappa shape index (κ3) is 6.06. The molecule has 0 aromatic carbocycles. The first-order valence-electron chi connectivity index (χ1n) is 7.64. The minimum Gasteiger partial charge on any atom is -0.355 e. The second-order valence-electron chi connectivity index (χ2n) is 5.54. The number of hydrogen-bond donors (Lipinski definition) is 2. The van der Waals surface area contributed by atoms with Gasteiger partial charge in [-0.15, -0.1) is 11.8 Å². The molecule has 1 saturated carbocycles. The van der Waals surface area contributed by atoms with E-state index < -0.39 is 0 Å². The van der Waals surface area contributed by atoms with E-state index in [2.05, 4.69) is 10.6 Å². The molecule has 0 radical (unpaired) electrons. The molecule has 1 saturated heterocycles. The van der Waals surface area contributed by atoms with Crippen LogP contribution < -0.4 is 10.6 Å². The number of carbonyl (C=O) groups excluding carboxylic acids is 4. The van der Waals surface area contributed by atoms with Crippen LogP contribution in [0.4, 0.5) is 4.79 Å². The zero-order chi connectivity index (χ0) is 16.7. The van der Waals surface area contributed by atoms with Crippen LogP contribution in [0.25, 0.3) is 0 Å². The van der Waals surface area contributed by atoms with Gasteiger partial charge in [-0.25, -0.2) is 0 Å². The molecular formula is C14H21N3O4S2. The lowest BCUT2D eigenvalue weighted by molar-refractivity contribution is -0.125. The number of rotatable bonds is 9. The first kappa shape index (κ1) is 18.1. The lowest BCUT2D eigenvalue weighted by Crippen LogP contribution is -2.38. The van der Waals surface area contributed by atoms with Gasteiger partial charge in [-0.1, -0.05) is 18.2 Å². The molecular weight excluding hydrogens is 338 g/mol. The second kappa shape index (κ2) is 9.17. The van der Waals surface area contributed by atoms with E-state index in [1.54, 1.807) is 0 Å². The van der Waals surface area contributed by atoms with E-state index in [4.69, 9.17) is 0 Å². The molecule has 0 aromatic heterocycles. The Morgan fingerprint density at radius 3 is 2.43 bits per heavy atom. The van der Waals surface area contributed by atoms with Gasteiger partial charge in [0.2, 0.25) is 17.7 Å². The Morgan fingerprint density at radius 2 is 1.87 bits per heavy atom. The zero-order valence-electron chi connectivity index (χ0n) is 12.8. The Morgan fingerprint density at radius 1 is 1.17 bits per heavy atom. The number of amides is 4. The molecule has 1 aliphatic carbocycles. The monoisotopic (exact) mass is 359 g/mol. The second-order valence-corrected chi connectivity index (χ2v) is 7.46. The van der Waals surface area contributed by atoms with Gasteiger partial charge in [0.25, 0.3) is 5.24 Å². The fourth-order valence-electron chi connectivity index (χ4n) is 2.20. The fourth-order valence-corrected chi connectivity index (χ4v) is 3.63. The summed E-state index contributed by atoms with van der Waals surface area (Å²) in [6, 6.07) is 0. The van der Waals surface area contributed by atoms with Crippen molar-refractivity contribution in [3.63, 3.8) is 0 Å². The Balaban J connectivity index is 1.48. The summed E-state index contributed by atoms with van der Waals surface area (Å²) in [6.07, 6.45) is 3.63. The highest BCUT2D eigenvalue weighted by atomic mass is 32.2. The summed E-state index contributed by atoms with van der Waals surface area (Å²) in [7, 11) is 0. The molecule has 0 bridgehead atoms.